The third kappa shape index (κ3) is 9.07. The van der Waals surface area contributed by atoms with Crippen molar-refractivity contribution in [3.05, 3.63) is 47.2 Å². The molecule has 1 amide bonds. The van der Waals surface area contributed by atoms with Gasteiger partial charge in [-0.1, -0.05) is 25.2 Å². The highest BCUT2D eigenvalue weighted by Crippen LogP contribution is 2.16. The Morgan fingerprint density at radius 1 is 1.40 bits per heavy atom. The van der Waals surface area contributed by atoms with E-state index in [2.05, 4.69) is 15.2 Å². The van der Waals surface area contributed by atoms with Crippen LogP contribution >= 0.6 is 0 Å². The maximum atomic E-state index is 11.6. The minimum absolute atomic E-state index is 0.114. The molecule has 7 heteroatoms. The van der Waals surface area contributed by atoms with Crippen LogP contribution < -0.4 is 10.8 Å². The van der Waals surface area contributed by atoms with Crippen LogP contribution in [0.4, 0.5) is 0 Å². The molecule has 30 heavy (non-hydrogen) atoms. The topological polar surface area (TPSA) is 86.2 Å². The molecule has 1 aliphatic heterocycles. The highest BCUT2D eigenvalue weighted by atomic mass is 16.5. The van der Waals surface area contributed by atoms with Crippen LogP contribution in [-0.2, 0) is 9.53 Å². The molecule has 0 aromatic rings. The summed E-state index contributed by atoms with van der Waals surface area (Å²) < 4.78 is 5.17. The molecule has 1 atom stereocenters. The van der Waals surface area contributed by atoms with Crippen molar-refractivity contribution in [3.63, 3.8) is 0 Å². The SMILES string of the molecule is C\C=C/C(=C\C(=C\CC)CC(=O)NO)C(=N/C)/C(C)=C/N[C@H]1CCN(CCOC)C1. The summed E-state index contributed by atoms with van der Waals surface area (Å²) in [7, 11) is 3.51. The van der Waals surface area contributed by atoms with Gasteiger partial charge in [0.25, 0.3) is 0 Å². The van der Waals surface area contributed by atoms with E-state index in [1.807, 2.05) is 51.3 Å². The average molecular weight is 419 g/mol. The number of likely N-dealkylation sites (tertiary alicyclic amines) is 1. The van der Waals surface area contributed by atoms with Crippen LogP contribution in [-0.4, -0.2) is 68.2 Å². The first-order valence-corrected chi connectivity index (χ1v) is 10.6. The number of carbonyl (C=O) groups is 1. The van der Waals surface area contributed by atoms with Crippen LogP contribution in [0.25, 0.3) is 0 Å². The van der Waals surface area contributed by atoms with Gasteiger partial charge in [-0.15, -0.1) is 0 Å². The van der Waals surface area contributed by atoms with E-state index in [0.717, 1.165) is 61.5 Å². The van der Waals surface area contributed by atoms with Gasteiger partial charge in [0, 0.05) is 46.0 Å². The number of hydrogen-bond donors (Lipinski definition) is 3. The predicted octanol–water partition coefficient (Wildman–Crippen LogP) is 3.01. The largest absolute Gasteiger partial charge is 0.387 e. The Labute approximate surface area is 181 Å². The Kier molecular flexibility index (Phi) is 12.7. The molecule has 1 fully saturated rings. The molecule has 0 aromatic carbocycles. The summed E-state index contributed by atoms with van der Waals surface area (Å²) in [6.45, 7) is 9.80. The van der Waals surface area contributed by atoms with Crippen LogP contribution in [0.15, 0.2) is 52.2 Å². The number of ether oxygens (including phenoxy) is 1. The summed E-state index contributed by atoms with van der Waals surface area (Å²) in [6.07, 6.45) is 11.9. The average Bonchev–Trinajstić information content (AvgIpc) is 3.19. The van der Waals surface area contributed by atoms with Crippen molar-refractivity contribution in [1.29, 1.82) is 0 Å². The highest BCUT2D eigenvalue weighted by Gasteiger charge is 2.21. The van der Waals surface area contributed by atoms with E-state index in [1.165, 1.54) is 0 Å². The number of rotatable bonds is 12. The lowest BCUT2D eigenvalue weighted by Gasteiger charge is -2.16. The van der Waals surface area contributed by atoms with E-state index in [1.54, 1.807) is 19.6 Å². The van der Waals surface area contributed by atoms with E-state index in [9.17, 15) is 4.79 Å². The van der Waals surface area contributed by atoms with E-state index in [4.69, 9.17) is 9.94 Å². The fraction of sp³-hybridized carbons (Fsp3) is 0.565. The van der Waals surface area contributed by atoms with Gasteiger partial charge in [-0.05, 0) is 49.5 Å². The van der Waals surface area contributed by atoms with Crippen molar-refractivity contribution in [2.45, 2.75) is 46.1 Å². The van der Waals surface area contributed by atoms with Crippen LogP contribution in [0, 0.1) is 0 Å². The molecule has 0 aromatic heterocycles. The molecule has 0 bridgehead atoms. The first-order chi connectivity index (χ1) is 14.5. The highest BCUT2D eigenvalue weighted by molar-refractivity contribution is 6.14. The Morgan fingerprint density at radius 3 is 2.77 bits per heavy atom. The van der Waals surface area contributed by atoms with Gasteiger partial charge in [0.05, 0.1) is 18.7 Å². The van der Waals surface area contributed by atoms with Crippen molar-refractivity contribution in [2.24, 2.45) is 4.99 Å². The number of hydrogen-bond acceptors (Lipinski definition) is 6. The number of allylic oxidation sites excluding steroid dienone is 6. The molecule has 0 unspecified atom stereocenters. The molecule has 1 rings (SSSR count). The lowest BCUT2D eigenvalue weighted by molar-refractivity contribution is -0.128. The van der Waals surface area contributed by atoms with Crippen LogP contribution in [0.1, 0.15) is 40.0 Å². The second-order valence-electron chi connectivity index (χ2n) is 7.34. The number of aliphatic imine (C=N–C) groups is 1. The zero-order valence-corrected chi connectivity index (χ0v) is 19.1. The summed E-state index contributed by atoms with van der Waals surface area (Å²) in [6, 6.07) is 0.410. The summed E-state index contributed by atoms with van der Waals surface area (Å²) in [5, 5.41) is 12.4. The van der Waals surface area contributed by atoms with Gasteiger partial charge in [0.15, 0.2) is 0 Å². The van der Waals surface area contributed by atoms with Gasteiger partial charge in [-0.2, -0.15) is 0 Å². The van der Waals surface area contributed by atoms with Crippen LogP contribution in [0.3, 0.4) is 0 Å². The minimum atomic E-state index is -0.436. The van der Waals surface area contributed by atoms with E-state index >= 15 is 0 Å². The Bertz CT molecular complexity index is 693. The lowest BCUT2D eigenvalue weighted by atomic mass is 9.99. The van der Waals surface area contributed by atoms with Crippen molar-refractivity contribution in [3.8, 4) is 0 Å². The molecule has 1 saturated heterocycles. The smallest absolute Gasteiger partial charge is 0.247 e. The van der Waals surface area contributed by atoms with Crippen molar-refractivity contribution in [2.75, 3.05) is 40.4 Å². The Hall–Kier alpha value is -2.22. The van der Waals surface area contributed by atoms with Crippen molar-refractivity contribution >= 4 is 11.6 Å². The molecule has 168 valence electrons. The van der Waals surface area contributed by atoms with E-state index in [0.29, 0.717) is 6.04 Å². The molecule has 1 heterocycles. The number of amides is 1. The molecule has 0 saturated carbocycles. The quantitative estimate of drug-likeness (QED) is 0.196. The molecular weight excluding hydrogens is 380 g/mol. The number of methoxy groups -OCH3 is 1. The monoisotopic (exact) mass is 418 g/mol. The zero-order chi connectivity index (χ0) is 22.4. The molecule has 0 aliphatic carbocycles. The van der Waals surface area contributed by atoms with Crippen molar-refractivity contribution in [1.82, 2.24) is 15.7 Å². The molecular formula is C23H38N4O3. The molecule has 1 aliphatic rings. The van der Waals surface area contributed by atoms with E-state index < -0.39 is 5.91 Å². The van der Waals surface area contributed by atoms with Gasteiger partial charge < -0.3 is 10.1 Å². The van der Waals surface area contributed by atoms with Gasteiger partial charge >= 0.3 is 0 Å². The number of hydroxylamine groups is 1. The second-order valence-corrected chi connectivity index (χ2v) is 7.34. The second kappa shape index (κ2) is 14.7. The summed E-state index contributed by atoms with van der Waals surface area (Å²) in [4.78, 5) is 18.5. The standard InChI is InChI=1S/C23H38N4O3/c1-6-8-19(15-22(28)26-29)14-20(9-7-2)23(24-4)18(3)16-25-21-10-11-27(17-21)12-13-30-5/h7-9,14,16,21,25,29H,6,10-13,15,17H2,1-5H3,(H,26,28)/b9-7-,18-16+,19-8-,20-14+,24-23+/t21-/m0/s1. The summed E-state index contributed by atoms with van der Waals surface area (Å²) >= 11 is 0. The van der Waals surface area contributed by atoms with E-state index in [-0.39, 0.29) is 6.42 Å². The fourth-order valence-electron chi connectivity index (χ4n) is 3.48. The van der Waals surface area contributed by atoms with Gasteiger partial charge in [-0.3, -0.25) is 19.9 Å². The third-order valence-electron chi connectivity index (χ3n) is 4.93. The molecule has 7 nitrogen and oxygen atoms in total. The Balaban J connectivity index is 2.94. The molecule has 0 spiro atoms. The normalized spacial score (nSPS) is 19.6. The number of carbonyl (C=O) groups excluding carboxylic acids is 1. The number of nitrogens with one attached hydrogen (secondary N) is 2. The minimum Gasteiger partial charge on any atom is -0.387 e. The van der Waals surface area contributed by atoms with Gasteiger partial charge in [0.1, 0.15) is 0 Å². The predicted molar refractivity (Wildman–Crippen MR) is 123 cm³/mol. The van der Waals surface area contributed by atoms with Crippen LogP contribution in [0.5, 0.6) is 0 Å². The maximum Gasteiger partial charge on any atom is 0.247 e. The van der Waals surface area contributed by atoms with Gasteiger partial charge in [-0.25, -0.2) is 5.48 Å². The fourth-order valence-corrected chi connectivity index (χ4v) is 3.48. The molecule has 3 N–H and O–H groups in total. The van der Waals surface area contributed by atoms with Crippen LogP contribution in [0.2, 0.25) is 0 Å². The zero-order valence-electron chi connectivity index (χ0n) is 19.1. The first-order valence-electron chi connectivity index (χ1n) is 10.6. The lowest BCUT2D eigenvalue weighted by Crippen LogP contribution is -2.31. The Morgan fingerprint density at radius 2 is 2.17 bits per heavy atom. The van der Waals surface area contributed by atoms with Crippen molar-refractivity contribution < 1.29 is 14.7 Å². The number of nitrogens with zero attached hydrogens (tertiary/aromatic N) is 2. The molecule has 0 radical (unpaired) electrons. The first kappa shape index (κ1) is 25.8. The third-order valence-corrected chi connectivity index (χ3v) is 4.93. The van der Waals surface area contributed by atoms with Gasteiger partial charge in [0.2, 0.25) is 5.91 Å². The maximum absolute atomic E-state index is 11.6. The summed E-state index contributed by atoms with van der Waals surface area (Å²) in [5.41, 5.74) is 5.35. The summed E-state index contributed by atoms with van der Waals surface area (Å²) in [5.74, 6) is -0.436.